The van der Waals surface area contributed by atoms with Crippen LogP contribution in [-0.2, 0) is 11.3 Å². The van der Waals surface area contributed by atoms with Crippen LogP contribution in [-0.4, -0.2) is 19.6 Å². The zero-order chi connectivity index (χ0) is 12.9. The summed E-state index contributed by atoms with van der Waals surface area (Å²) in [6, 6.07) is 4.84. The van der Waals surface area contributed by atoms with E-state index in [-0.39, 0.29) is 13.2 Å². The molecule has 7 heteroatoms. The van der Waals surface area contributed by atoms with E-state index in [2.05, 4.69) is 4.74 Å². The first-order valence-corrected chi connectivity index (χ1v) is 5.13. The molecule has 0 spiro atoms. The van der Waals surface area contributed by atoms with Gasteiger partial charge in [-0.05, 0) is 12.1 Å². The van der Waals surface area contributed by atoms with Crippen LogP contribution in [0, 0.1) is 0 Å². The third-order valence-corrected chi connectivity index (χ3v) is 2.24. The molecular formula is C10H11ClF3NO2. The molecule has 96 valence electrons. The average molecular weight is 270 g/mol. The van der Waals surface area contributed by atoms with Gasteiger partial charge in [-0.1, -0.05) is 17.7 Å². The maximum Gasteiger partial charge on any atom is 0.522 e. The smallest absolute Gasteiger partial charge is 0.491 e. The minimum absolute atomic E-state index is 0.148. The SMILES string of the molecule is NCc1c(Cl)cccc1OCCOC(F)(F)F. The molecule has 0 atom stereocenters. The van der Waals surface area contributed by atoms with Gasteiger partial charge in [0.2, 0.25) is 0 Å². The molecular weight excluding hydrogens is 259 g/mol. The molecule has 1 rings (SSSR count). The van der Waals surface area contributed by atoms with E-state index in [1.807, 2.05) is 0 Å². The van der Waals surface area contributed by atoms with Crippen LogP contribution >= 0.6 is 11.6 Å². The van der Waals surface area contributed by atoms with Gasteiger partial charge >= 0.3 is 6.36 Å². The predicted molar refractivity (Wildman–Crippen MR) is 56.8 cm³/mol. The number of benzene rings is 1. The van der Waals surface area contributed by atoms with Crippen molar-refractivity contribution < 1.29 is 22.6 Å². The van der Waals surface area contributed by atoms with Crippen LogP contribution in [0.4, 0.5) is 13.2 Å². The van der Waals surface area contributed by atoms with Crippen LogP contribution in [0.3, 0.4) is 0 Å². The minimum Gasteiger partial charge on any atom is -0.491 e. The number of halogens is 4. The van der Waals surface area contributed by atoms with Gasteiger partial charge in [-0.2, -0.15) is 0 Å². The topological polar surface area (TPSA) is 44.5 Å². The first-order chi connectivity index (χ1) is 7.94. The normalized spacial score (nSPS) is 11.6. The van der Waals surface area contributed by atoms with Gasteiger partial charge in [0.25, 0.3) is 0 Å². The van der Waals surface area contributed by atoms with Crippen molar-refractivity contribution in [2.75, 3.05) is 13.2 Å². The summed E-state index contributed by atoms with van der Waals surface area (Å²) in [5, 5.41) is 0.418. The zero-order valence-electron chi connectivity index (χ0n) is 8.76. The molecule has 0 aromatic heterocycles. The van der Waals surface area contributed by atoms with E-state index in [9.17, 15) is 13.2 Å². The van der Waals surface area contributed by atoms with E-state index in [1.54, 1.807) is 18.2 Å². The van der Waals surface area contributed by atoms with Gasteiger partial charge in [-0.3, -0.25) is 4.74 Å². The third kappa shape index (κ3) is 4.80. The van der Waals surface area contributed by atoms with Crippen LogP contribution < -0.4 is 10.5 Å². The molecule has 0 fully saturated rings. The fourth-order valence-corrected chi connectivity index (χ4v) is 1.42. The third-order valence-electron chi connectivity index (χ3n) is 1.89. The lowest BCUT2D eigenvalue weighted by Crippen LogP contribution is -2.18. The second-order valence-electron chi connectivity index (χ2n) is 3.06. The number of ether oxygens (including phenoxy) is 2. The van der Waals surface area contributed by atoms with Crippen LogP contribution in [0.5, 0.6) is 5.75 Å². The molecule has 0 unspecified atom stereocenters. The van der Waals surface area contributed by atoms with Gasteiger partial charge in [0, 0.05) is 17.1 Å². The summed E-state index contributed by atoms with van der Waals surface area (Å²) in [6.07, 6.45) is -4.64. The van der Waals surface area contributed by atoms with Crippen molar-refractivity contribution in [1.82, 2.24) is 0 Å². The highest BCUT2D eigenvalue weighted by atomic mass is 35.5. The van der Waals surface area contributed by atoms with Crippen LogP contribution in [0.15, 0.2) is 18.2 Å². The van der Waals surface area contributed by atoms with E-state index in [1.165, 1.54) is 0 Å². The molecule has 0 amide bonds. The number of hydrogen-bond donors (Lipinski definition) is 1. The Kier molecular flexibility index (Phi) is 5.04. The van der Waals surface area contributed by atoms with Gasteiger partial charge < -0.3 is 10.5 Å². The molecule has 0 aliphatic rings. The Balaban J connectivity index is 2.49. The highest BCUT2D eigenvalue weighted by molar-refractivity contribution is 6.31. The van der Waals surface area contributed by atoms with Crippen LogP contribution in [0.1, 0.15) is 5.56 Å². The zero-order valence-corrected chi connectivity index (χ0v) is 9.52. The minimum atomic E-state index is -4.64. The molecule has 0 radical (unpaired) electrons. The van der Waals surface area contributed by atoms with E-state index in [4.69, 9.17) is 22.1 Å². The number of nitrogens with two attached hydrogens (primary N) is 1. The van der Waals surface area contributed by atoms with Crippen molar-refractivity contribution >= 4 is 11.6 Å². The first kappa shape index (κ1) is 14.1. The maximum absolute atomic E-state index is 11.7. The molecule has 0 saturated carbocycles. The highest BCUT2D eigenvalue weighted by Gasteiger charge is 2.28. The monoisotopic (exact) mass is 269 g/mol. The van der Waals surface area contributed by atoms with E-state index < -0.39 is 13.0 Å². The van der Waals surface area contributed by atoms with Gasteiger partial charge in [0.1, 0.15) is 12.4 Å². The van der Waals surface area contributed by atoms with Gasteiger partial charge in [0.15, 0.2) is 0 Å². The summed E-state index contributed by atoms with van der Waals surface area (Å²) in [4.78, 5) is 0. The molecule has 0 bridgehead atoms. The largest absolute Gasteiger partial charge is 0.522 e. The lowest BCUT2D eigenvalue weighted by molar-refractivity contribution is -0.325. The van der Waals surface area contributed by atoms with Crippen LogP contribution in [0.25, 0.3) is 0 Å². The predicted octanol–water partition coefficient (Wildman–Crippen LogP) is 2.71. The van der Waals surface area contributed by atoms with Gasteiger partial charge in [0.05, 0.1) is 6.61 Å². The fourth-order valence-electron chi connectivity index (χ4n) is 1.18. The Morgan fingerprint density at radius 3 is 2.53 bits per heavy atom. The summed E-state index contributed by atoms with van der Waals surface area (Å²) in [5.74, 6) is 0.366. The number of rotatable bonds is 5. The summed E-state index contributed by atoms with van der Waals surface area (Å²) >= 11 is 5.84. The van der Waals surface area contributed by atoms with E-state index in [0.29, 0.717) is 16.3 Å². The molecule has 17 heavy (non-hydrogen) atoms. The maximum atomic E-state index is 11.7. The molecule has 1 aromatic rings. The Labute approximate surface area is 101 Å². The summed E-state index contributed by atoms with van der Waals surface area (Å²) in [7, 11) is 0. The molecule has 0 aliphatic carbocycles. The quantitative estimate of drug-likeness (QED) is 0.836. The van der Waals surface area contributed by atoms with Crippen molar-refractivity contribution in [2.45, 2.75) is 12.9 Å². The first-order valence-electron chi connectivity index (χ1n) is 4.75. The summed E-state index contributed by atoms with van der Waals surface area (Å²) in [6.45, 7) is -0.665. The standard InChI is InChI=1S/C10H11ClF3NO2/c11-8-2-1-3-9(7(8)6-15)16-4-5-17-10(12,13)14/h1-3H,4-6,15H2. The van der Waals surface area contributed by atoms with E-state index in [0.717, 1.165) is 0 Å². The van der Waals surface area contributed by atoms with E-state index >= 15 is 0 Å². The number of hydrogen-bond acceptors (Lipinski definition) is 3. The molecule has 0 saturated heterocycles. The molecule has 0 aliphatic heterocycles. The van der Waals surface area contributed by atoms with Crippen molar-refractivity contribution in [3.63, 3.8) is 0 Å². The van der Waals surface area contributed by atoms with Crippen molar-refractivity contribution in [3.8, 4) is 5.75 Å². The molecule has 3 nitrogen and oxygen atoms in total. The van der Waals surface area contributed by atoms with Crippen molar-refractivity contribution in [1.29, 1.82) is 0 Å². The second-order valence-corrected chi connectivity index (χ2v) is 3.47. The van der Waals surface area contributed by atoms with Gasteiger partial charge in [-0.15, -0.1) is 13.2 Å². The summed E-state index contributed by atoms with van der Waals surface area (Å²) in [5.41, 5.74) is 6.01. The summed E-state index contributed by atoms with van der Waals surface area (Å²) < 4.78 is 43.7. The van der Waals surface area contributed by atoms with Crippen molar-refractivity contribution in [3.05, 3.63) is 28.8 Å². The fraction of sp³-hybridized carbons (Fsp3) is 0.400. The van der Waals surface area contributed by atoms with Crippen LogP contribution in [0.2, 0.25) is 5.02 Å². The molecule has 2 N–H and O–H groups in total. The Morgan fingerprint density at radius 2 is 1.94 bits per heavy atom. The lowest BCUT2D eigenvalue weighted by atomic mass is 10.2. The lowest BCUT2D eigenvalue weighted by Gasteiger charge is -2.12. The average Bonchev–Trinajstić information content (AvgIpc) is 2.23. The van der Waals surface area contributed by atoms with Crippen molar-refractivity contribution in [2.24, 2.45) is 5.73 Å². The second kappa shape index (κ2) is 6.09. The van der Waals surface area contributed by atoms with Gasteiger partial charge in [-0.25, -0.2) is 0 Å². The molecule has 0 heterocycles. The Hall–Kier alpha value is -0.980. The number of alkyl halides is 3. The Morgan fingerprint density at radius 1 is 1.24 bits per heavy atom. The molecule has 1 aromatic carbocycles. The highest BCUT2D eigenvalue weighted by Crippen LogP contribution is 2.25. The Bertz CT molecular complexity index is 371.